The SMILES string of the molecule is CCCC(O)(CCC)CC(=O)Nc1c(F)cccc1NC1CC1. The molecule has 0 aromatic heterocycles. The molecule has 0 heterocycles. The van der Waals surface area contributed by atoms with Crippen molar-refractivity contribution >= 4 is 17.3 Å². The predicted octanol–water partition coefficient (Wildman–Crippen LogP) is 4.06. The summed E-state index contributed by atoms with van der Waals surface area (Å²) in [4.78, 5) is 12.3. The smallest absolute Gasteiger partial charge is 0.227 e. The van der Waals surface area contributed by atoms with Crippen molar-refractivity contribution in [3.63, 3.8) is 0 Å². The van der Waals surface area contributed by atoms with E-state index < -0.39 is 11.4 Å². The Labute approximate surface area is 137 Å². The summed E-state index contributed by atoms with van der Waals surface area (Å²) >= 11 is 0. The van der Waals surface area contributed by atoms with Gasteiger partial charge in [0.1, 0.15) is 11.5 Å². The lowest BCUT2D eigenvalue weighted by Gasteiger charge is -2.27. The van der Waals surface area contributed by atoms with Gasteiger partial charge in [0.25, 0.3) is 0 Å². The van der Waals surface area contributed by atoms with Crippen molar-refractivity contribution in [3.8, 4) is 0 Å². The maximum atomic E-state index is 14.1. The molecular formula is C18H27FN2O2. The monoisotopic (exact) mass is 322 g/mol. The maximum Gasteiger partial charge on any atom is 0.227 e. The quantitative estimate of drug-likeness (QED) is 0.642. The summed E-state index contributed by atoms with van der Waals surface area (Å²) in [6.45, 7) is 3.96. The minimum Gasteiger partial charge on any atom is -0.389 e. The first-order valence-corrected chi connectivity index (χ1v) is 8.54. The van der Waals surface area contributed by atoms with Crippen molar-refractivity contribution in [2.75, 3.05) is 10.6 Å². The van der Waals surface area contributed by atoms with Crippen LogP contribution in [0, 0.1) is 5.82 Å². The van der Waals surface area contributed by atoms with E-state index in [9.17, 15) is 14.3 Å². The Kier molecular flexibility index (Phi) is 5.99. The molecule has 0 radical (unpaired) electrons. The van der Waals surface area contributed by atoms with Crippen LogP contribution in [0.4, 0.5) is 15.8 Å². The second kappa shape index (κ2) is 7.77. The summed E-state index contributed by atoms with van der Waals surface area (Å²) in [5, 5.41) is 16.5. The molecule has 1 aliphatic rings. The Morgan fingerprint density at radius 2 is 1.96 bits per heavy atom. The van der Waals surface area contributed by atoms with Gasteiger partial charge in [0.15, 0.2) is 0 Å². The molecule has 128 valence electrons. The fourth-order valence-electron chi connectivity index (χ4n) is 2.93. The van der Waals surface area contributed by atoms with Gasteiger partial charge in [0.2, 0.25) is 5.91 Å². The van der Waals surface area contributed by atoms with Gasteiger partial charge >= 0.3 is 0 Å². The Morgan fingerprint density at radius 3 is 2.52 bits per heavy atom. The third kappa shape index (κ3) is 5.20. The van der Waals surface area contributed by atoms with E-state index in [4.69, 9.17) is 0 Å². The molecule has 1 aromatic carbocycles. The van der Waals surface area contributed by atoms with Crippen molar-refractivity contribution in [2.45, 2.75) is 70.4 Å². The van der Waals surface area contributed by atoms with Gasteiger partial charge in [-0.25, -0.2) is 4.39 Å². The Bertz CT molecular complexity index is 538. The highest BCUT2D eigenvalue weighted by molar-refractivity contribution is 5.95. The van der Waals surface area contributed by atoms with E-state index in [1.54, 1.807) is 12.1 Å². The number of hydrogen-bond acceptors (Lipinski definition) is 3. The number of rotatable bonds is 9. The fourth-order valence-corrected chi connectivity index (χ4v) is 2.93. The predicted molar refractivity (Wildman–Crippen MR) is 91.1 cm³/mol. The zero-order chi connectivity index (χ0) is 16.9. The summed E-state index contributed by atoms with van der Waals surface area (Å²) < 4.78 is 14.1. The number of nitrogens with one attached hydrogen (secondary N) is 2. The molecule has 0 saturated heterocycles. The van der Waals surface area contributed by atoms with E-state index in [2.05, 4.69) is 10.6 Å². The molecule has 0 atom stereocenters. The summed E-state index contributed by atoms with van der Waals surface area (Å²) in [7, 11) is 0. The first-order chi connectivity index (χ1) is 11.0. The van der Waals surface area contributed by atoms with Gasteiger partial charge in [0.05, 0.1) is 17.7 Å². The highest BCUT2D eigenvalue weighted by Crippen LogP contribution is 2.32. The van der Waals surface area contributed by atoms with Gasteiger partial charge in [0, 0.05) is 6.04 Å². The number of carbonyl (C=O) groups is 1. The van der Waals surface area contributed by atoms with Crippen molar-refractivity contribution < 1.29 is 14.3 Å². The minimum atomic E-state index is -1.01. The molecule has 4 nitrogen and oxygen atoms in total. The van der Waals surface area contributed by atoms with E-state index in [1.807, 2.05) is 13.8 Å². The van der Waals surface area contributed by atoms with E-state index >= 15 is 0 Å². The average Bonchev–Trinajstić information content (AvgIpc) is 3.27. The number of anilines is 2. The molecule has 1 fully saturated rings. The number of benzene rings is 1. The van der Waals surface area contributed by atoms with Gasteiger partial charge in [-0.1, -0.05) is 32.8 Å². The number of carbonyl (C=O) groups excluding carboxylic acids is 1. The molecule has 0 unspecified atom stereocenters. The van der Waals surface area contributed by atoms with Crippen LogP contribution in [0.3, 0.4) is 0 Å². The van der Waals surface area contributed by atoms with Crippen LogP contribution in [0.2, 0.25) is 0 Å². The van der Waals surface area contributed by atoms with Gasteiger partial charge in [-0.2, -0.15) is 0 Å². The van der Waals surface area contributed by atoms with Crippen LogP contribution in [0.5, 0.6) is 0 Å². The second-order valence-electron chi connectivity index (χ2n) is 6.53. The van der Waals surface area contributed by atoms with Crippen LogP contribution in [-0.4, -0.2) is 22.7 Å². The molecule has 0 spiro atoms. The lowest BCUT2D eigenvalue weighted by molar-refractivity contribution is -0.121. The summed E-state index contributed by atoms with van der Waals surface area (Å²) in [6.07, 6.45) is 4.87. The highest BCUT2D eigenvalue weighted by atomic mass is 19.1. The molecular weight excluding hydrogens is 295 g/mol. The lowest BCUT2D eigenvalue weighted by atomic mass is 9.89. The van der Waals surface area contributed by atoms with E-state index in [0.29, 0.717) is 24.6 Å². The van der Waals surface area contributed by atoms with Gasteiger partial charge in [-0.05, 0) is 37.8 Å². The van der Waals surface area contributed by atoms with Crippen LogP contribution < -0.4 is 10.6 Å². The number of para-hydroxylation sites is 1. The van der Waals surface area contributed by atoms with E-state index in [-0.39, 0.29) is 18.0 Å². The standard InChI is InChI=1S/C18H27FN2O2/c1-3-10-18(23,11-4-2)12-16(22)21-17-14(19)6-5-7-15(17)20-13-8-9-13/h5-7,13,20,23H,3-4,8-12H2,1-2H3,(H,21,22). The van der Waals surface area contributed by atoms with Crippen molar-refractivity contribution in [2.24, 2.45) is 0 Å². The fraction of sp³-hybridized carbons (Fsp3) is 0.611. The van der Waals surface area contributed by atoms with Crippen LogP contribution in [-0.2, 0) is 4.79 Å². The van der Waals surface area contributed by atoms with Crippen LogP contribution in [0.25, 0.3) is 0 Å². The topological polar surface area (TPSA) is 61.4 Å². The van der Waals surface area contributed by atoms with Crippen molar-refractivity contribution in [3.05, 3.63) is 24.0 Å². The molecule has 1 saturated carbocycles. The molecule has 2 rings (SSSR count). The van der Waals surface area contributed by atoms with Gasteiger partial charge in [-0.3, -0.25) is 4.79 Å². The third-order valence-electron chi connectivity index (χ3n) is 4.14. The number of halogens is 1. The Morgan fingerprint density at radius 1 is 1.30 bits per heavy atom. The van der Waals surface area contributed by atoms with E-state index in [1.165, 1.54) is 6.07 Å². The summed E-state index contributed by atoms with van der Waals surface area (Å²) in [5.41, 5.74) is -0.224. The highest BCUT2D eigenvalue weighted by Gasteiger charge is 2.29. The zero-order valence-electron chi connectivity index (χ0n) is 14.0. The van der Waals surface area contributed by atoms with Gasteiger partial charge in [-0.15, -0.1) is 0 Å². The van der Waals surface area contributed by atoms with Crippen LogP contribution >= 0.6 is 0 Å². The molecule has 3 N–H and O–H groups in total. The van der Waals surface area contributed by atoms with Crippen molar-refractivity contribution in [1.29, 1.82) is 0 Å². The Hall–Kier alpha value is -1.62. The van der Waals surface area contributed by atoms with E-state index in [0.717, 1.165) is 25.7 Å². The molecule has 0 bridgehead atoms. The first-order valence-electron chi connectivity index (χ1n) is 8.54. The number of aliphatic hydroxyl groups is 1. The molecule has 5 heteroatoms. The van der Waals surface area contributed by atoms with Crippen LogP contribution in [0.15, 0.2) is 18.2 Å². The largest absolute Gasteiger partial charge is 0.389 e. The minimum absolute atomic E-state index is 0.00805. The second-order valence-corrected chi connectivity index (χ2v) is 6.53. The van der Waals surface area contributed by atoms with Crippen LogP contribution in [0.1, 0.15) is 58.8 Å². The van der Waals surface area contributed by atoms with Crippen molar-refractivity contribution in [1.82, 2.24) is 0 Å². The molecule has 1 amide bonds. The third-order valence-corrected chi connectivity index (χ3v) is 4.14. The molecule has 1 aliphatic carbocycles. The first kappa shape index (κ1) is 17.7. The summed E-state index contributed by atoms with van der Waals surface area (Å²) in [5.74, 6) is -0.808. The maximum absolute atomic E-state index is 14.1. The van der Waals surface area contributed by atoms with Gasteiger partial charge < -0.3 is 15.7 Å². The number of hydrogen-bond donors (Lipinski definition) is 3. The normalized spacial score (nSPS) is 14.6. The Balaban J connectivity index is 2.06. The summed E-state index contributed by atoms with van der Waals surface area (Å²) in [6, 6.07) is 5.09. The molecule has 1 aromatic rings. The molecule has 23 heavy (non-hydrogen) atoms. The lowest BCUT2D eigenvalue weighted by Crippen LogP contribution is -2.34. The molecule has 0 aliphatic heterocycles. The zero-order valence-corrected chi connectivity index (χ0v) is 14.0. The number of amides is 1. The average molecular weight is 322 g/mol.